The Bertz CT molecular complexity index is 709. The molecule has 0 unspecified atom stereocenters. The van der Waals surface area contributed by atoms with Gasteiger partial charge in [0.05, 0.1) is 18.6 Å². The third-order valence-electron chi connectivity index (χ3n) is 3.12. The molecule has 0 atom stereocenters. The van der Waals surface area contributed by atoms with Crippen LogP contribution < -0.4 is 4.74 Å². The minimum absolute atomic E-state index is 0.160. The maximum absolute atomic E-state index is 12.6. The SMILES string of the molecule is COc1ccccc1CN(C)S(=O)(=O)c1ccsc1CO. The van der Waals surface area contributed by atoms with Crippen molar-refractivity contribution in [3.63, 3.8) is 0 Å². The fraction of sp³-hybridized carbons (Fsp3) is 0.286. The second-order valence-corrected chi connectivity index (χ2v) is 7.45. The highest BCUT2D eigenvalue weighted by atomic mass is 32.2. The van der Waals surface area contributed by atoms with Gasteiger partial charge in [-0.2, -0.15) is 4.31 Å². The fourth-order valence-electron chi connectivity index (χ4n) is 2.00. The summed E-state index contributed by atoms with van der Waals surface area (Å²) in [5, 5.41) is 10.9. The summed E-state index contributed by atoms with van der Waals surface area (Å²) >= 11 is 1.23. The second-order valence-electron chi connectivity index (χ2n) is 4.44. The lowest BCUT2D eigenvalue weighted by molar-refractivity contribution is 0.282. The van der Waals surface area contributed by atoms with Crippen LogP contribution in [0.4, 0.5) is 0 Å². The van der Waals surface area contributed by atoms with Gasteiger partial charge in [-0.15, -0.1) is 11.3 Å². The third kappa shape index (κ3) is 3.26. The van der Waals surface area contributed by atoms with Crippen LogP contribution in [0.15, 0.2) is 40.6 Å². The first-order chi connectivity index (χ1) is 10.0. The van der Waals surface area contributed by atoms with Crippen molar-refractivity contribution >= 4 is 21.4 Å². The first-order valence-corrected chi connectivity index (χ1v) is 8.58. The van der Waals surface area contributed by atoms with Crippen LogP contribution in [0, 0.1) is 0 Å². The number of ether oxygens (including phenoxy) is 1. The fourth-order valence-corrected chi connectivity index (χ4v) is 4.41. The Hall–Kier alpha value is -1.41. The summed E-state index contributed by atoms with van der Waals surface area (Å²) in [5.74, 6) is 0.646. The van der Waals surface area contributed by atoms with Crippen LogP contribution in [0.5, 0.6) is 5.75 Å². The number of nitrogens with zero attached hydrogens (tertiary/aromatic N) is 1. The number of hydrogen-bond donors (Lipinski definition) is 1. The van der Waals surface area contributed by atoms with E-state index in [0.29, 0.717) is 10.6 Å². The summed E-state index contributed by atoms with van der Waals surface area (Å²) < 4.78 is 31.6. The summed E-state index contributed by atoms with van der Waals surface area (Å²) in [4.78, 5) is 0.606. The van der Waals surface area contributed by atoms with Crippen molar-refractivity contribution in [3.05, 3.63) is 46.2 Å². The average molecular weight is 327 g/mol. The Balaban J connectivity index is 2.29. The minimum atomic E-state index is -3.63. The second kappa shape index (κ2) is 6.57. The van der Waals surface area contributed by atoms with Crippen LogP contribution in [0.25, 0.3) is 0 Å². The van der Waals surface area contributed by atoms with E-state index in [0.717, 1.165) is 5.56 Å². The van der Waals surface area contributed by atoms with Crippen molar-refractivity contribution in [1.82, 2.24) is 4.31 Å². The maximum atomic E-state index is 12.6. The van der Waals surface area contributed by atoms with Crippen molar-refractivity contribution in [2.45, 2.75) is 18.0 Å². The lowest BCUT2D eigenvalue weighted by Gasteiger charge is -2.18. The predicted molar refractivity (Wildman–Crippen MR) is 81.9 cm³/mol. The highest BCUT2D eigenvalue weighted by Gasteiger charge is 2.25. The molecule has 1 aromatic carbocycles. The van der Waals surface area contributed by atoms with Gasteiger partial charge in [0.15, 0.2) is 0 Å². The molecule has 2 rings (SSSR count). The molecule has 0 aliphatic rings. The summed E-state index contributed by atoms with van der Waals surface area (Å²) in [7, 11) is -0.567. The highest BCUT2D eigenvalue weighted by molar-refractivity contribution is 7.89. The number of sulfonamides is 1. The molecule has 0 aliphatic carbocycles. The Morgan fingerprint density at radius 2 is 2.00 bits per heavy atom. The minimum Gasteiger partial charge on any atom is -0.496 e. The third-order valence-corrected chi connectivity index (χ3v) is 6.04. The molecule has 1 N–H and O–H groups in total. The van der Waals surface area contributed by atoms with Gasteiger partial charge in [0.25, 0.3) is 0 Å². The molecule has 1 heterocycles. The molecule has 0 saturated heterocycles. The molecule has 5 nitrogen and oxygen atoms in total. The van der Waals surface area contributed by atoms with Gasteiger partial charge in [-0.25, -0.2) is 8.42 Å². The van der Waals surface area contributed by atoms with Gasteiger partial charge in [-0.3, -0.25) is 0 Å². The highest BCUT2D eigenvalue weighted by Crippen LogP contribution is 2.27. The average Bonchev–Trinajstić information content (AvgIpc) is 2.97. The maximum Gasteiger partial charge on any atom is 0.244 e. The largest absolute Gasteiger partial charge is 0.496 e. The van der Waals surface area contributed by atoms with Crippen molar-refractivity contribution in [2.24, 2.45) is 0 Å². The topological polar surface area (TPSA) is 66.8 Å². The number of methoxy groups -OCH3 is 1. The van der Waals surface area contributed by atoms with Crippen LogP contribution in [0.2, 0.25) is 0 Å². The molecule has 0 spiro atoms. The van der Waals surface area contributed by atoms with E-state index >= 15 is 0 Å². The Labute approximate surface area is 128 Å². The molecule has 0 saturated carbocycles. The Morgan fingerprint density at radius 1 is 1.29 bits per heavy atom. The molecular formula is C14H17NO4S2. The van der Waals surface area contributed by atoms with Crippen LogP contribution in [0.1, 0.15) is 10.4 Å². The van der Waals surface area contributed by atoms with Gasteiger partial charge in [0, 0.05) is 24.0 Å². The molecule has 0 fully saturated rings. The van der Waals surface area contributed by atoms with Crippen molar-refractivity contribution in [2.75, 3.05) is 14.2 Å². The summed E-state index contributed by atoms with van der Waals surface area (Å²) in [6, 6.07) is 8.80. The summed E-state index contributed by atoms with van der Waals surface area (Å²) in [6.45, 7) is -0.0816. The Morgan fingerprint density at radius 3 is 2.67 bits per heavy atom. The van der Waals surface area contributed by atoms with Gasteiger partial charge in [-0.1, -0.05) is 18.2 Å². The number of rotatable bonds is 6. The van der Waals surface area contributed by atoms with Crippen molar-refractivity contribution in [1.29, 1.82) is 0 Å². The van der Waals surface area contributed by atoms with E-state index < -0.39 is 10.0 Å². The van der Waals surface area contributed by atoms with Crippen LogP contribution in [0.3, 0.4) is 0 Å². The number of para-hydroxylation sites is 1. The van der Waals surface area contributed by atoms with Crippen molar-refractivity contribution < 1.29 is 18.3 Å². The van der Waals surface area contributed by atoms with E-state index in [-0.39, 0.29) is 18.0 Å². The van der Waals surface area contributed by atoms with E-state index in [2.05, 4.69) is 0 Å². The summed E-state index contributed by atoms with van der Waals surface area (Å²) in [6.07, 6.45) is 0. The van der Waals surface area contributed by atoms with Gasteiger partial charge >= 0.3 is 0 Å². The zero-order valence-electron chi connectivity index (χ0n) is 11.8. The number of benzene rings is 1. The molecular weight excluding hydrogens is 310 g/mol. The zero-order valence-corrected chi connectivity index (χ0v) is 13.4. The lowest BCUT2D eigenvalue weighted by atomic mass is 10.2. The molecule has 114 valence electrons. The number of aliphatic hydroxyl groups excluding tert-OH is 1. The van der Waals surface area contributed by atoms with Gasteiger partial charge in [0.2, 0.25) is 10.0 Å². The predicted octanol–water partition coefficient (Wildman–Crippen LogP) is 2.07. The number of aliphatic hydroxyl groups is 1. The normalized spacial score (nSPS) is 11.8. The Kier molecular flexibility index (Phi) is 5.00. The first-order valence-electron chi connectivity index (χ1n) is 6.26. The number of thiophene rings is 1. The number of hydrogen-bond acceptors (Lipinski definition) is 5. The molecule has 0 aliphatic heterocycles. The van der Waals surface area contributed by atoms with Crippen LogP contribution in [-0.2, 0) is 23.2 Å². The van der Waals surface area contributed by atoms with Gasteiger partial charge in [-0.05, 0) is 17.5 Å². The molecule has 0 amide bonds. The molecule has 1 aromatic heterocycles. The van der Waals surface area contributed by atoms with E-state index in [1.807, 2.05) is 18.2 Å². The van der Waals surface area contributed by atoms with Gasteiger partial charge in [0.1, 0.15) is 5.75 Å². The summed E-state index contributed by atoms with van der Waals surface area (Å²) in [5.41, 5.74) is 0.784. The standard InChI is InChI=1S/C14H17NO4S2/c1-15(9-11-5-3-4-6-12(11)19-2)21(17,18)14-7-8-20-13(14)10-16/h3-8,16H,9-10H2,1-2H3. The molecule has 0 radical (unpaired) electrons. The van der Waals surface area contributed by atoms with E-state index in [9.17, 15) is 13.5 Å². The molecule has 7 heteroatoms. The quantitative estimate of drug-likeness (QED) is 0.882. The zero-order chi connectivity index (χ0) is 15.5. The van der Waals surface area contributed by atoms with Crippen LogP contribution in [-0.4, -0.2) is 32.0 Å². The van der Waals surface area contributed by atoms with E-state index in [1.165, 1.54) is 28.8 Å². The van der Waals surface area contributed by atoms with Crippen molar-refractivity contribution in [3.8, 4) is 5.75 Å². The molecule has 0 bridgehead atoms. The van der Waals surface area contributed by atoms with Crippen LogP contribution >= 0.6 is 11.3 Å². The monoisotopic (exact) mass is 327 g/mol. The lowest BCUT2D eigenvalue weighted by Crippen LogP contribution is -2.27. The first kappa shape index (κ1) is 16.0. The molecule has 2 aromatic rings. The smallest absolute Gasteiger partial charge is 0.244 e. The van der Waals surface area contributed by atoms with E-state index in [4.69, 9.17) is 4.74 Å². The molecule has 21 heavy (non-hydrogen) atoms. The van der Waals surface area contributed by atoms with E-state index in [1.54, 1.807) is 18.6 Å². The van der Waals surface area contributed by atoms with Gasteiger partial charge < -0.3 is 9.84 Å².